The first-order valence-corrected chi connectivity index (χ1v) is 22.9. The van der Waals surface area contributed by atoms with Gasteiger partial charge in [0.25, 0.3) is 8.32 Å². The molecule has 0 unspecified atom stereocenters. The number of phenols is 1. The molecule has 0 spiro atoms. The van der Waals surface area contributed by atoms with Gasteiger partial charge in [0.15, 0.2) is 0 Å². The lowest BCUT2D eigenvalue weighted by atomic mass is 9.58. The molecule has 2 fully saturated rings. The summed E-state index contributed by atoms with van der Waals surface area (Å²) in [5.74, 6) is -1.49. The van der Waals surface area contributed by atoms with E-state index in [9.17, 15) is 19.7 Å². The van der Waals surface area contributed by atoms with Gasteiger partial charge in [-0.05, 0) is 105 Å². The molecule has 4 atom stereocenters. The number of amides is 2. The molecule has 8 nitrogen and oxygen atoms in total. The fraction of sp³-hybridized carbons (Fsp3) is 0.327. The number of phenolic OH excluding ortho intramolecular Hbond substituents is 1. The number of benzene rings is 4. The highest BCUT2D eigenvalue weighted by Crippen LogP contribution is 2.51. The topological polar surface area (TPSA) is 109 Å². The third-order valence-electron chi connectivity index (χ3n) is 12.7. The van der Waals surface area contributed by atoms with Gasteiger partial charge in [-0.3, -0.25) is 19.5 Å². The molecule has 10 heteroatoms. The number of aromatic hydroxyl groups is 1. The van der Waals surface area contributed by atoms with Crippen molar-refractivity contribution in [1.29, 1.82) is 0 Å². The Morgan fingerprint density at radius 1 is 0.881 bits per heavy atom. The van der Waals surface area contributed by atoms with Crippen LogP contribution in [-0.4, -0.2) is 66.5 Å². The summed E-state index contributed by atoms with van der Waals surface area (Å²) in [6.07, 6.45) is 5.74. The number of rotatable bonds is 12. The van der Waals surface area contributed by atoms with Gasteiger partial charge in [0.05, 0.1) is 30.2 Å². The Bertz CT molecular complexity index is 2340. The molecule has 0 radical (unpaired) electrons. The van der Waals surface area contributed by atoms with Gasteiger partial charge < -0.3 is 19.2 Å². The van der Waals surface area contributed by atoms with Gasteiger partial charge in [0.1, 0.15) is 5.75 Å². The number of aromatic nitrogens is 1. The monoisotopic (exact) mass is 804 g/mol. The smallest absolute Gasteiger partial charge is 0.455 e. The van der Waals surface area contributed by atoms with Crippen LogP contribution in [0.4, 0.5) is 0 Å². The second kappa shape index (κ2) is 16.9. The molecule has 2 amide bonds. The molecule has 1 aliphatic carbocycles. The average molecular weight is 805 g/mol. The van der Waals surface area contributed by atoms with Gasteiger partial charge in [-0.25, -0.2) is 0 Å². The van der Waals surface area contributed by atoms with E-state index >= 15 is 0 Å². The Morgan fingerprint density at radius 2 is 1.54 bits per heavy atom. The number of carbonyl (C=O) groups excluding carboxylic acids is 2. The van der Waals surface area contributed by atoms with Crippen LogP contribution in [0, 0.1) is 17.8 Å². The largest absolute Gasteiger partial charge is 0.507 e. The molecular formula is C49H53BN2O6Si. The Hall–Kier alpha value is -5.13. The first-order valence-electron chi connectivity index (χ1n) is 21.0. The lowest BCUT2D eigenvalue weighted by Gasteiger charge is -2.46. The number of nitrogens with zero attached hydrogens (tertiary/aromatic N) is 2. The van der Waals surface area contributed by atoms with Crippen LogP contribution in [0.5, 0.6) is 5.75 Å². The zero-order valence-electron chi connectivity index (χ0n) is 34.4. The summed E-state index contributed by atoms with van der Waals surface area (Å²) in [5.41, 5.74) is 4.73. The van der Waals surface area contributed by atoms with Crippen molar-refractivity contribution in [2.24, 2.45) is 17.8 Å². The lowest BCUT2D eigenvalue weighted by molar-refractivity contribution is -0.140. The number of allylic oxidation sites excluding steroid dienone is 1. The summed E-state index contributed by atoms with van der Waals surface area (Å²) in [6, 6.07) is 38.4. The number of likely N-dealkylation sites (tertiary alicyclic amines) is 1. The third-order valence-corrected chi connectivity index (χ3v) is 17.6. The van der Waals surface area contributed by atoms with Crippen LogP contribution in [0.15, 0.2) is 133 Å². The van der Waals surface area contributed by atoms with Gasteiger partial charge in [-0.2, -0.15) is 0 Å². The minimum Gasteiger partial charge on any atom is -0.507 e. The number of hydrogen-bond acceptors (Lipinski definition) is 7. The van der Waals surface area contributed by atoms with E-state index in [0.717, 1.165) is 49.1 Å². The second-order valence-electron chi connectivity index (χ2n) is 17.2. The Balaban J connectivity index is 1.22. The fourth-order valence-electron chi connectivity index (χ4n) is 10.1. The minimum absolute atomic E-state index is 0.122. The molecule has 4 aromatic carbocycles. The van der Waals surface area contributed by atoms with E-state index in [1.165, 1.54) is 4.90 Å². The first kappa shape index (κ1) is 40.6. The van der Waals surface area contributed by atoms with E-state index in [0.29, 0.717) is 32.2 Å². The van der Waals surface area contributed by atoms with Crippen LogP contribution in [0.25, 0.3) is 22.4 Å². The highest BCUT2D eigenvalue weighted by atomic mass is 28.4. The minimum atomic E-state index is -2.99. The summed E-state index contributed by atoms with van der Waals surface area (Å²) < 4.78 is 14.1. The zero-order chi connectivity index (χ0) is 41.3. The van der Waals surface area contributed by atoms with Gasteiger partial charge in [0, 0.05) is 18.1 Å². The molecule has 1 aromatic heterocycles. The Labute approximate surface area is 348 Å². The van der Waals surface area contributed by atoms with Crippen molar-refractivity contribution >= 4 is 60.0 Å². The lowest BCUT2D eigenvalue weighted by Crippen LogP contribution is -2.66. The number of hydrogen-bond donors (Lipinski definition) is 2. The van der Waals surface area contributed by atoms with Crippen LogP contribution in [0.1, 0.15) is 64.6 Å². The number of imide groups is 1. The number of carbonyl (C=O) groups is 2. The van der Waals surface area contributed by atoms with Gasteiger partial charge >= 0.3 is 7.12 Å². The van der Waals surface area contributed by atoms with E-state index in [-0.39, 0.29) is 41.4 Å². The van der Waals surface area contributed by atoms with E-state index in [4.69, 9.17) is 14.1 Å². The second-order valence-corrected chi connectivity index (χ2v) is 21.5. The van der Waals surface area contributed by atoms with Gasteiger partial charge in [-0.1, -0.05) is 125 Å². The molecule has 302 valence electrons. The molecule has 3 heterocycles. The molecule has 0 saturated carbocycles. The van der Waals surface area contributed by atoms with Crippen molar-refractivity contribution in [2.45, 2.75) is 70.8 Å². The highest BCUT2D eigenvalue weighted by Gasteiger charge is 2.58. The predicted octanol–water partition coefficient (Wildman–Crippen LogP) is 8.04. The van der Waals surface area contributed by atoms with E-state index in [2.05, 4.69) is 75.4 Å². The van der Waals surface area contributed by atoms with Crippen molar-refractivity contribution in [3.8, 4) is 5.75 Å². The summed E-state index contributed by atoms with van der Waals surface area (Å²) in [5, 5.41) is 25.8. The molecule has 59 heavy (non-hydrogen) atoms. The standard InChI is InChI=1S/C49H53BN2O6Si/c1-5-28-52-47(54)40-30-35(32-57-59(49(2,3)4,36-16-8-6-9-17-36)37-18-10-7-11-19-37)45-41(46(40)48(52)55)31-50(56)58-44(45)26-24-34(42-22-14-15-27-51-42)29-33-23-25-43(53)39-21-13-12-20-38(33)39/h6-23,25,27,29,40-41,44,46,53,56H,5,24,26,28,30-32H2,1-4H3/b34-29-/t40-,41+,44-,46-/m1/s1. The van der Waals surface area contributed by atoms with Crippen molar-refractivity contribution in [2.75, 3.05) is 13.2 Å². The Kier molecular flexibility index (Phi) is 11.6. The molecule has 0 bridgehead atoms. The maximum Gasteiger partial charge on any atom is 0.455 e. The van der Waals surface area contributed by atoms with Crippen LogP contribution in [0.2, 0.25) is 11.4 Å². The average Bonchev–Trinajstić information content (AvgIpc) is 3.48. The quantitative estimate of drug-likeness (QED) is 0.0747. The molecule has 2 aliphatic heterocycles. The summed E-state index contributed by atoms with van der Waals surface area (Å²) in [4.78, 5) is 34.5. The normalized spacial score (nSPS) is 21.3. The molecule has 5 aromatic rings. The van der Waals surface area contributed by atoms with Crippen molar-refractivity contribution < 1.29 is 28.8 Å². The maximum atomic E-state index is 14.2. The van der Waals surface area contributed by atoms with Gasteiger partial charge in [0.2, 0.25) is 11.8 Å². The first-order chi connectivity index (χ1) is 28.5. The predicted molar refractivity (Wildman–Crippen MR) is 237 cm³/mol. The molecule has 2 N–H and O–H groups in total. The summed E-state index contributed by atoms with van der Waals surface area (Å²) in [6.45, 7) is 9.40. The van der Waals surface area contributed by atoms with Crippen LogP contribution < -0.4 is 10.4 Å². The van der Waals surface area contributed by atoms with Crippen molar-refractivity contribution in [1.82, 2.24) is 9.88 Å². The van der Waals surface area contributed by atoms with Crippen molar-refractivity contribution in [3.63, 3.8) is 0 Å². The SMILES string of the molecule is CCCN1C(=O)[C@@H]2[C@@H](CC(CO[Si](c3ccccc3)(c3ccccc3)C(C)(C)C)=C3[C@@H](CC/C(=C/c4ccc(O)c5ccccc45)c4ccccn4)OB(O)C[C@@H]32)C1=O. The van der Waals surface area contributed by atoms with Crippen LogP contribution in [-0.2, 0) is 18.7 Å². The summed E-state index contributed by atoms with van der Waals surface area (Å²) in [7, 11) is -4.09. The Morgan fingerprint density at radius 3 is 2.19 bits per heavy atom. The fourth-order valence-corrected chi connectivity index (χ4v) is 14.6. The van der Waals surface area contributed by atoms with E-state index in [1.807, 2.05) is 67.6 Å². The number of pyridine rings is 1. The van der Waals surface area contributed by atoms with E-state index < -0.39 is 33.4 Å². The maximum absolute atomic E-state index is 14.2. The zero-order valence-corrected chi connectivity index (χ0v) is 35.4. The summed E-state index contributed by atoms with van der Waals surface area (Å²) >= 11 is 0. The molecular weight excluding hydrogens is 751 g/mol. The highest BCUT2D eigenvalue weighted by molar-refractivity contribution is 6.99. The number of fused-ring (bicyclic) bond motifs is 4. The van der Waals surface area contributed by atoms with Crippen LogP contribution in [0.3, 0.4) is 0 Å². The third kappa shape index (κ3) is 7.63. The molecule has 8 rings (SSSR count). The van der Waals surface area contributed by atoms with Crippen molar-refractivity contribution in [3.05, 3.63) is 144 Å². The molecule has 3 aliphatic rings. The van der Waals surface area contributed by atoms with Gasteiger partial charge in [-0.15, -0.1) is 0 Å². The molecule has 2 saturated heterocycles. The van der Waals surface area contributed by atoms with E-state index in [1.54, 1.807) is 12.3 Å². The van der Waals surface area contributed by atoms with Crippen LogP contribution >= 0.6 is 0 Å².